The number of hydrogen-bond donors (Lipinski definition) is 2. The van der Waals surface area contributed by atoms with E-state index in [-0.39, 0.29) is 11.6 Å². The average Bonchev–Trinajstić information content (AvgIpc) is 2.39. The smallest absolute Gasteiger partial charge is 0.128 e. The Morgan fingerprint density at radius 1 is 1.25 bits per heavy atom. The Labute approximate surface area is 121 Å². The van der Waals surface area contributed by atoms with Gasteiger partial charge in [-0.2, -0.15) is 0 Å². The van der Waals surface area contributed by atoms with E-state index in [4.69, 9.17) is 16.2 Å². The minimum Gasteiger partial charge on any atom is -0.383 e. The molecular weight excluding hydrogens is 250 g/mol. The molecular formula is C16H27N3O. The number of rotatable bonds is 3. The Bertz CT molecular complexity index is 454. The summed E-state index contributed by atoms with van der Waals surface area (Å²) in [6, 6.07) is 1.74. The minimum absolute atomic E-state index is 0.225. The van der Waals surface area contributed by atoms with Crippen molar-refractivity contribution in [2.24, 2.45) is 11.1 Å². The molecule has 4 nitrogen and oxygen atoms in total. The summed E-state index contributed by atoms with van der Waals surface area (Å²) >= 11 is 0. The summed E-state index contributed by atoms with van der Waals surface area (Å²) in [7, 11) is 1.76. The van der Waals surface area contributed by atoms with E-state index < -0.39 is 0 Å². The van der Waals surface area contributed by atoms with Gasteiger partial charge in [-0.3, -0.25) is 0 Å². The predicted octanol–water partition coefficient (Wildman–Crippen LogP) is 2.96. The van der Waals surface area contributed by atoms with Crippen molar-refractivity contribution in [3.05, 3.63) is 23.4 Å². The summed E-state index contributed by atoms with van der Waals surface area (Å²) in [5.74, 6) is 0.527. The van der Waals surface area contributed by atoms with Crippen molar-refractivity contribution >= 4 is 5.82 Å². The topological polar surface area (TPSA) is 74.2 Å². The molecule has 2 rings (SSSR count). The van der Waals surface area contributed by atoms with Gasteiger partial charge in [0.25, 0.3) is 0 Å². The summed E-state index contributed by atoms with van der Waals surface area (Å²) in [5.41, 5.74) is 14.7. The van der Waals surface area contributed by atoms with E-state index in [1.54, 1.807) is 13.3 Å². The van der Waals surface area contributed by atoms with E-state index in [9.17, 15) is 0 Å². The van der Waals surface area contributed by atoms with Gasteiger partial charge in [0.2, 0.25) is 0 Å². The number of pyridine rings is 1. The fourth-order valence-electron chi connectivity index (χ4n) is 3.25. The van der Waals surface area contributed by atoms with Gasteiger partial charge in [0.1, 0.15) is 5.82 Å². The van der Waals surface area contributed by atoms with Crippen LogP contribution in [0.3, 0.4) is 0 Å². The van der Waals surface area contributed by atoms with Crippen LogP contribution in [0, 0.1) is 12.3 Å². The number of aryl methyl sites for hydroxylation is 1. The lowest BCUT2D eigenvalue weighted by Gasteiger charge is -2.46. The molecule has 0 radical (unpaired) electrons. The Morgan fingerprint density at radius 3 is 2.35 bits per heavy atom. The molecule has 1 aromatic rings. The number of nitrogen functional groups attached to an aromatic ring is 1. The zero-order valence-corrected chi connectivity index (χ0v) is 13.1. The summed E-state index contributed by atoms with van der Waals surface area (Å²) < 4.78 is 5.89. The Kier molecular flexibility index (Phi) is 4.07. The lowest BCUT2D eigenvalue weighted by Crippen LogP contribution is -2.47. The van der Waals surface area contributed by atoms with Crippen LogP contribution in [0.15, 0.2) is 12.3 Å². The molecule has 0 aliphatic heterocycles. The van der Waals surface area contributed by atoms with Crippen molar-refractivity contribution < 1.29 is 4.74 Å². The van der Waals surface area contributed by atoms with Crippen LogP contribution in [0.2, 0.25) is 0 Å². The van der Waals surface area contributed by atoms with E-state index in [0.29, 0.717) is 11.2 Å². The van der Waals surface area contributed by atoms with Crippen molar-refractivity contribution in [3.63, 3.8) is 0 Å². The van der Waals surface area contributed by atoms with Gasteiger partial charge in [-0.05, 0) is 49.7 Å². The molecule has 1 aliphatic carbocycles. The quantitative estimate of drug-likeness (QED) is 0.890. The summed E-state index contributed by atoms with van der Waals surface area (Å²) in [5, 5.41) is 0. The first-order valence-electron chi connectivity index (χ1n) is 7.33. The standard InChI is InChI=1S/C16H27N3O/c1-11-5-10-19-14(18)12(11)13(17)16(20-4)8-6-15(2,3)7-9-16/h5,10,13H,6-9,17H2,1-4H3,(H2,18,19). The summed E-state index contributed by atoms with van der Waals surface area (Å²) in [6.45, 7) is 6.65. The number of anilines is 1. The maximum Gasteiger partial charge on any atom is 0.128 e. The van der Waals surface area contributed by atoms with Crippen LogP contribution in [-0.2, 0) is 4.74 Å². The molecule has 1 fully saturated rings. The van der Waals surface area contributed by atoms with Crippen LogP contribution in [0.25, 0.3) is 0 Å². The third-order valence-corrected chi connectivity index (χ3v) is 4.97. The number of nitrogens with zero attached hydrogens (tertiary/aromatic N) is 1. The second kappa shape index (κ2) is 5.34. The van der Waals surface area contributed by atoms with Gasteiger partial charge in [-0.25, -0.2) is 4.98 Å². The Morgan fingerprint density at radius 2 is 1.85 bits per heavy atom. The van der Waals surface area contributed by atoms with Gasteiger partial charge in [0.15, 0.2) is 0 Å². The molecule has 0 aromatic carbocycles. The highest BCUT2D eigenvalue weighted by atomic mass is 16.5. The van der Waals surface area contributed by atoms with Gasteiger partial charge in [-0.15, -0.1) is 0 Å². The molecule has 0 bridgehead atoms. The normalized spacial score (nSPS) is 22.4. The SMILES string of the molecule is COC1(C(N)c2c(C)ccnc2N)CCC(C)(C)CC1. The zero-order chi connectivity index (χ0) is 15.0. The van der Waals surface area contributed by atoms with E-state index in [0.717, 1.165) is 36.8 Å². The minimum atomic E-state index is -0.322. The number of nitrogens with two attached hydrogens (primary N) is 2. The Hall–Kier alpha value is -1.13. The van der Waals surface area contributed by atoms with E-state index in [1.165, 1.54) is 0 Å². The molecule has 4 heteroatoms. The van der Waals surface area contributed by atoms with Gasteiger partial charge in [0.05, 0.1) is 11.6 Å². The van der Waals surface area contributed by atoms with Gasteiger partial charge in [0, 0.05) is 18.9 Å². The molecule has 1 aliphatic rings. The van der Waals surface area contributed by atoms with Crippen molar-refractivity contribution in [2.75, 3.05) is 12.8 Å². The first kappa shape index (κ1) is 15.3. The number of methoxy groups -OCH3 is 1. The number of aromatic nitrogens is 1. The maximum atomic E-state index is 6.56. The second-order valence-electron chi connectivity index (χ2n) is 6.84. The van der Waals surface area contributed by atoms with Crippen molar-refractivity contribution in [1.82, 2.24) is 4.98 Å². The van der Waals surface area contributed by atoms with Crippen molar-refractivity contribution in [3.8, 4) is 0 Å². The monoisotopic (exact) mass is 277 g/mol. The molecule has 1 aromatic heterocycles. The molecule has 1 atom stereocenters. The van der Waals surface area contributed by atoms with Gasteiger partial charge < -0.3 is 16.2 Å². The molecule has 1 unspecified atom stereocenters. The van der Waals surface area contributed by atoms with E-state index >= 15 is 0 Å². The van der Waals surface area contributed by atoms with Crippen molar-refractivity contribution in [2.45, 2.75) is 58.1 Å². The van der Waals surface area contributed by atoms with Crippen molar-refractivity contribution in [1.29, 1.82) is 0 Å². The highest BCUT2D eigenvalue weighted by Gasteiger charge is 2.44. The van der Waals surface area contributed by atoms with Crippen LogP contribution in [0.4, 0.5) is 5.82 Å². The fraction of sp³-hybridized carbons (Fsp3) is 0.688. The molecule has 20 heavy (non-hydrogen) atoms. The maximum absolute atomic E-state index is 6.56. The average molecular weight is 277 g/mol. The second-order valence-corrected chi connectivity index (χ2v) is 6.84. The van der Waals surface area contributed by atoms with Crippen LogP contribution in [-0.4, -0.2) is 17.7 Å². The van der Waals surface area contributed by atoms with Crippen LogP contribution < -0.4 is 11.5 Å². The number of hydrogen-bond acceptors (Lipinski definition) is 4. The van der Waals surface area contributed by atoms with Crippen LogP contribution in [0.5, 0.6) is 0 Å². The summed E-state index contributed by atoms with van der Waals surface area (Å²) in [6.07, 6.45) is 5.89. The van der Waals surface area contributed by atoms with Gasteiger partial charge in [-0.1, -0.05) is 13.8 Å². The first-order chi connectivity index (χ1) is 9.31. The third-order valence-electron chi connectivity index (χ3n) is 4.97. The van der Waals surface area contributed by atoms with Crippen LogP contribution >= 0.6 is 0 Å². The molecule has 112 valence electrons. The molecule has 0 saturated heterocycles. The lowest BCUT2D eigenvalue weighted by molar-refractivity contribution is -0.0794. The summed E-state index contributed by atoms with van der Waals surface area (Å²) in [4.78, 5) is 4.19. The molecule has 0 amide bonds. The highest BCUT2D eigenvalue weighted by molar-refractivity contribution is 5.47. The van der Waals surface area contributed by atoms with E-state index in [2.05, 4.69) is 18.8 Å². The highest BCUT2D eigenvalue weighted by Crippen LogP contribution is 2.47. The molecule has 1 saturated carbocycles. The first-order valence-corrected chi connectivity index (χ1v) is 7.33. The van der Waals surface area contributed by atoms with Gasteiger partial charge >= 0.3 is 0 Å². The number of ether oxygens (including phenoxy) is 1. The zero-order valence-electron chi connectivity index (χ0n) is 13.1. The fourth-order valence-corrected chi connectivity index (χ4v) is 3.25. The van der Waals surface area contributed by atoms with Crippen LogP contribution in [0.1, 0.15) is 56.7 Å². The third kappa shape index (κ3) is 2.67. The largest absolute Gasteiger partial charge is 0.383 e. The molecule has 4 N–H and O–H groups in total. The lowest BCUT2D eigenvalue weighted by atomic mass is 9.67. The predicted molar refractivity (Wildman–Crippen MR) is 82.3 cm³/mol. The molecule has 0 spiro atoms. The molecule has 1 heterocycles. The Balaban J connectivity index is 2.33. The van der Waals surface area contributed by atoms with E-state index in [1.807, 2.05) is 13.0 Å².